The second-order valence-corrected chi connectivity index (χ2v) is 6.88. The first-order chi connectivity index (χ1) is 13.5. The molecule has 0 aliphatic carbocycles. The first kappa shape index (κ1) is 19.8. The molecule has 2 aromatic rings. The molecule has 0 aromatic heterocycles. The maximum absolute atomic E-state index is 13.7. The number of urea groups is 1. The van der Waals surface area contributed by atoms with Gasteiger partial charge in [0.05, 0.1) is 0 Å². The van der Waals surface area contributed by atoms with Crippen molar-refractivity contribution in [2.45, 2.75) is 25.3 Å². The van der Waals surface area contributed by atoms with Crippen molar-refractivity contribution in [1.29, 1.82) is 0 Å². The fourth-order valence-electron chi connectivity index (χ4n) is 3.47. The summed E-state index contributed by atoms with van der Waals surface area (Å²) in [5.74, 6) is -1.51. The van der Waals surface area contributed by atoms with Crippen LogP contribution in [0.5, 0.6) is 0 Å². The quantitative estimate of drug-likeness (QED) is 0.845. The van der Waals surface area contributed by atoms with Gasteiger partial charge in [-0.1, -0.05) is 18.2 Å². The fraction of sp³-hybridized carbons (Fsp3) is 0.333. The second kappa shape index (κ2) is 8.82. The molecule has 1 aliphatic rings. The third-order valence-corrected chi connectivity index (χ3v) is 5.00. The van der Waals surface area contributed by atoms with Gasteiger partial charge in [0.25, 0.3) is 5.91 Å². The molecule has 1 atom stereocenters. The zero-order chi connectivity index (χ0) is 20.1. The van der Waals surface area contributed by atoms with Crippen molar-refractivity contribution in [3.63, 3.8) is 0 Å². The Labute approximate surface area is 162 Å². The molecule has 0 bridgehead atoms. The lowest BCUT2D eigenvalue weighted by molar-refractivity contribution is 0.0950. The van der Waals surface area contributed by atoms with Crippen molar-refractivity contribution in [2.24, 2.45) is 0 Å². The molecule has 1 saturated heterocycles. The molecule has 1 unspecified atom stereocenters. The molecule has 1 fully saturated rings. The van der Waals surface area contributed by atoms with Gasteiger partial charge in [-0.25, -0.2) is 13.6 Å². The number of hydrogen-bond acceptors (Lipinski definition) is 2. The summed E-state index contributed by atoms with van der Waals surface area (Å²) < 4.78 is 26.7. The molecular formula is C21H23F2N3O2. The molecule has 148 valence electrons. The standard InChI is InChI=1S/C21H23F2N3O2/c1-24-21(28)26-9-3-6-17(13-26)14-4-2-5-15(10-14)20(27)25-12-16-7-8-18(22)11-19(16)23/h2,4-5,7-8,10-11,17H,3,6,9,12-13H2,1H3,(H,24,28)(H,25,27). The molecule has 1 aliphatic heterocycles. The summed E-state index contributed by atoms with van der Waals surface area (Å²) in [7, 11) is 1.61. The van der Waals surface area contributed by atoms with Gasteiger partial charge in [0.1, 0.15) is 11.6 Å². The Bertz CT molecular complexity index is 872. The van der Waals surface area contributed by atoms with Crippen molar-refractivity contribution in [3.8, 4) is 0 Å². The van der Waals surface area contributed by atoms with E-state index in [9.17, 15) is 18.4 Å². The fourth-order valence-corrected chi connectivity index (χ4v) is 3.47. The van der Waals surface area contributed by atoms with Gasteiger partial charge in [0.2, 0.25) is 0 Å². The molecule has 2 aromatic carbocycles. The minimum absolute atomic E-state index is 0.0248. The molecule has 28 heavy (non-hydrogen) atoms. The maximum Gasteiger partial charge on any atom is 0.317 e. The van der Waals surface area contributed by atoms with E-state index in [1.54, 1.807) is 18.0 Å². The SMILES string of the molecule is CNC(=O)N1CCCC(c2cccc(C(=O)NCc3ccc(F)cc3F)c2)C1. The summed E-state index contributed by atoms with van der Waals surface area (Å²) in [5.41, 5.74) is 1.69. The summed E-state index contributed by atoms with van der Waals surface area (Å²) >= 11 is 0. The average molecular weight is 387 g/mol. The average Bonchev–Trinajstić information content (AvgIpc) is 2.72. The smallest absolute Gasteiger partial charge is 0.317 e. The molecule has 3 amide bonds. The summed E-state index contributed by atoms with van der Waals surface area (Å²) in [4.78, 5) is 26.1. The Kier molecular flexibility index (Phi) is 6.23. The molecule has 0 spiro atoms. The van der Waals surface area contributed by atoms with Crippen LogP contribution in [-0.2, 0) is 6.54 Å². The highest BCUT2D eigenvalue weighted by Crippen LogP contribution is 2.27. The number of piperidine rings is 1. The van der Waals surface area contributed by atoms with Gasteiger partial charge >= 0.3 is 6.03 Å². The predicted octanol–water partition coefficient (Wildman–Crippen LogP) is 3.41. The van der Waals surface area contributed by atoms with E-state index in [2.05, 4.69) is 10.6 Å². The number of hydrogen-bond donors (Lipinski definition) is 2. The van der Waals surface area contributed by atoms with Gasteiger partial charge in [-0.3, -0.25) is 4.79 Å². The van der Waals surface area contributed by atoms with Crippen LogP contribution in [0.4, 0.5) is 13.6 Å². The number of amides is 3. The number of nitrogens with one attached hydrogen (secondary N) is 2. The Morgan fingerprint density at radius 2 is 2.00 bits per heavy atom. The van der Waals surface area contributed by atoms with Crippen LogP contribution in [0.3, 0.4) is 0 Å². The second-order valence-electron chi connectivity index (χ2n) is 6.88. The lowest BCUT2D eigenvalue weighted by atomic mass is 9.89. The van der Waals surface area contributed by atoms with Crippen LogP contribution in [0.2, 0.25) is 0 Å². The van der Waals surface area contributed by atoms with E-state index in [1.807, 2.05) is 18.2 Å². The van der Waals surface area contributed by atoms with Crippen molar-refractivity contribution in [3.05, 3.63) is 70.8 Å². The third-order valence-electron chi connectivity index (χ3n) is 5.00. The molecule has 1 heterocycles. The number of carbonyl (C=O) groups is 2. The minimum Gasteiger partial charge on any atom is -0.348 e. The lowest BCUT2D eigenvalue weighted by Crippen LogP contribution is -2.43. The van der Waals surface area contributed by atoms with E-state index >= 15 is 0 Å². The molecular weight excluding hydrogens is 364 g/mol. The molecule has 2 N–H and O–H groups in total. The van der Waals surface area contributed by atoms with E-state index < -0.39 is 11.6 Å². The molecule has 0 saturated carbocycles. The van der Waals surface area contributed by atoms with E-state index in [0.717, 1.165) is 37.1 Å². The van der Waals surface area contributed by atoms with Crippen LogP contribution < -0.4 is 10.6 Å². The van der Waals surface area contributed by atoms with Crippen molar-refractivity contribution < 1.29 is 18.4 Å². The van der Waals surface area contributed by atoms with Crippen LogP contribution >= 0.6 is 0 Å². The normalized spacial score (nSPS) is 16.5. The number of carbonyl (C=O) groups excluding carboxylic acids is 2. The zero-order valence-electron chi connectivity index (χ0n) is 15.7. The van der Waals surface area contributed by atoms with Crippen molar-refractivity contribution in [1.82, 2.24) is 15.5 Å². The van der Waals surface area contributed by atoms with Crippen LogP contribution in [0.1, 0.15) is 40.2 Å². The van der Waals surface area contributed by atoms with Crippen LogP contribution in [-0.4, -0.2) is 37.0 Å². The first-order valence-corrected chi connectivity index (χ1v) is 9.26. The number of halogens is 2. The largest absolute Gasteiger partial charge is 0.348 e. The van der Waals surface area contributed by atoms with Gasteiger partial charge < -0.3 is 15.5 Å². The summed E-state index contributed by atoms with van der Waals surface area (Å²) in [6.45, 7) is 1.30. The molecule has 5 nitrogen and oxygen atoms in total. The Morgan fingerprint density at radius 3 is 2.75 bits per heavy atom. The summed E-state index contributed by atoms with van der Waals surface area (Å²) in [6, 6.07) is 10.4. The monoisotopic (exact) mass is 387 g/mol. The van der Waals surface area contributed by atoms with E-state index in [0.29, 0.717) is 12.1 Å². The molecule has 7 heteroatoms. The third kappa shape index (κ3) is 4.65. The highest BCUT2D eigenvalue weighted by molar-refractivity contribution is 5.94. The highest BCUT2D eigenvalue weighted by atomic mass is 19.1. The highest BCUT2D eigenvalue weighted by Gasteiger charge is 2.24. The van der Waals surface area contributed by atoms with Gasteiger partial charge in [-0.15, -0.1) is 0 Å². The minimum atomic E-state index is -0.689. The number of nitrogens with zero attached hydrogens (tertiary/aromatic N) is 1. The molecule has 3 rings (SSSR count). The van der Waals surface area contributed by atoms with Crippen LogP contribution in [0, 0.1) is 11.6 Å². The summed E-state index contributed by atoms with van der Waals surface area (Å²) in [5, 5.41) is 5.31. The molecule has 0 radical (unpaired) electrons. The van der Waals surface area contributed by atoms with Gasteiger partial charge in [0, 0.05) is 49.8 Å². The predicted molar refractivity (Wildman–Crippen MR) is 102 cm³/mol. The topological polar surface area (TPSA) is 61.4 Å². The zero-order valence-corrected chi connectivity index (χ0v) is 15.7. The van der Waals surface area contributed by atoms with Crippen LogP contribution in [0.15, 0.2) is 42.5 Å². The van der Waals surface area contributed by atoms with Gasteiger partial charge in [-0.2, -0.15) is 0 Å². The van der Waals surface area contributed by atoms with E-state index in [-0.39, 0.29) is 30.0 Å². The summed E-state index contributed by atoms with van der Waals surface area (Å²) in [6.07, 6.45) is 1.84. The van der Waals surface area contributed by atoms with E-state index in [1.165, 1.54) is 6.07 Å². The van der Waals surface area contributed by atoms with Gasteiger partial charge in [-0.05, 0) is 36.6 Å². The lowest BCUT2D eigenvalue weighted by Gasteiger charge is -2.32. The van der Waals surface area contributed by atoms with E-state index in [4.69, 9.17) is 0 Å². The first-order valence-electron chi connectivity index (χ1n) is 9.26. The number of rotatable bonds is 4. The Morgan fingerprint density at radius 1 is 1.18 bits per heavy atom. The van der Waals surface area contributed by atoms with Crippen molar-refractivity contribution >= 4 is 11.9 Å². The Balaban J connectivity index is 1.66. The van der Waals surface area contributed by atoms with Gasteiger partial charge in [0.15, 0.2) is 0 Å². The van der Waals surface area contributed by atoms with Crippen molar-refractivity contribution in [2.75, 3.05) is 20.1 Å². The number of benzene rings is 2. The Hall–Kier alpha value is -2.96. The van der Waals surface area contributed by atoms with Crippen LogP contribution in [0.25, 0.3) is 0 Å². The number of likely N-dealkylation sites (tertiary alicyclic amines) is 1. The maximum atomic E-state index is 13.7.